The van der Waals surface area contributed by atoms with Gasteiger partial charge in [-0.3, -0.25) is 9.78 Å². The highest BCUT2D eigenvalue weighted by atomic mass is 32.1. The predicted octanol–water partition coefficient (Wildman–Crippen LogP) is 2.23. The number of imidazole rings is 1. The van der Waals surface area contributed by atoms with Gasteiger partial charge >= 0.3 is 5.82 Å². The van der Waals surface area contributed by atoms with Gasteiger partial charge in [0.1, 0.15) is 6.20 Å². The smallest absolute Gasteiger partial charge is 0.358 e. The number of hydrogen-bond acceptors (Lipinski definition) is 7. The lowest BCUT2D eigenvalue weighted by molar-refractivity contribution is -0.389. The molecule has 4 heterocycles. The van der Waals surface area contributed by atoms with E-state index in [1.165, 1.54) is 15.7 Å². The van der Waals surface area contributed by atoms with Crippen molar-refractivity contribution >= 4 is 33.8 Å². The molecule has 0 unspecified atom stereocenters. The number of hydrogen-bond donors (Lipinski definition) is 1. The van der Waals surface area contributed by atoms with E-state index in [0.29, 0.717) is 43.3 Å². The van der Waals surface area contributed by atoms with E-state index in [4.69, 9.17) is 0 Å². The highest BCUT2D eigenvalue weighted by Crippen LogP contribution is 2.33. The minimum atomic E-state index is -0.394. The molecule has 0 aromatic carbocycles. The molecule has 0 bridgehead atoms. The molecule has 1 amide bonds. The van der Waals surface area contributed by atoms with Crippen molar-refractivity contribution in [1.82, 2.24) is 19.7 Å². The molecule has 1 N–H and O–H groups in total. The van der Waals surface area contributed by atoms with Gasteiger partial charge in [-0.15, -0.1) is 0 Å². The minimum Gasteiger partial charge on any atom is -0.358 e. The first kappa shape index (κ1) is 17.4. The molecule has 0 atom stereocenters. The van der Waals surface area contributed by atoms with E-state index < -0.39 is 4.92 Å². The van der Waals surface area contributed by atoms with Gasteiger partial charge in [-0.05, 0) is 29.4 Å². The van der Waals surface area contributed by atoms with Crippen LogP contribution in [0.4, 0.5) is 11.6 Å². The number of thiazole rings is 1. The van der Waals surface area contributed by atoms with E-state index in [2.05, 4.69) is 15.3 Å². The van der Waals surface area contributed by atoms with Crippen LogP contribution in [0.2, 0.25) is 0 Å². The molecule has 4 rings (SSSR count). The van der Waals surface area contributed by atoms with Gasteiger partial charge in [0.05, 0.1) is 0 Å². The quantitative estimate of drug-likeness (QED) is 0.532. The van der Waals surface area contributed by atoms with E-state index in [0.717, 1.165) is 5.56 Å². The van der Waals surface area contributed by atoms with Crippen LogP contribution < -0.4 is 10.2 Å². The Morgan fingerprint density at radius 3 is 2.93 bits per heavy atom. The average Bonchev–Trinajstić information content (AvgIpc) is 3.28. The molecule has 1 aliphatic rings. The summed E-state index contributed by atoms with van der Waals surface area (Å²) in [7, 11) is 0. The number of aromatic nitrogens is 3. The molecule has 3 aromatic heterocycles. The number of nitrogens with one attached hydrogen (secondary N) is 1. The summed E-state index contributed by atoms with van der Waals surface area (Å²) < 4.78 is 1.51. The van der Waals surface area contributed by atoms with Gasteiger partial charge in [-0.1, -0.05) is 17.4 Å². The fourth-order valence-electron chi connectivity index (χ4n) is 3.33. The third-order valence-electron chi connectivity index (χ3n) is 4.75. The number of fused-ring (bicyclic) bond motifs is 1. The summed E-state index contributed by atoms with van der Waals surface area (Å²) in [6, 6.07) is 3.75. The Balaban J connectivity index is 1.39. The van der Waals surface area contributed by atoms with Crippen molar-refractivity contribution in [3.63, 3.8) is 0 Å². The lowest BCUT2D eigenvalue weighted by Crippen LogP contribution is -2.40. The molecule has 1 aliphatic heterocycles. The second-order valence-corrected chi connectivity index (χ2v) is 7.29. The van der Waals surface area contributed by atoms with Crippen LogP contribution in [0.15, 0.2) is 36.1 Å². The fourth-order valence-corrected chi connectivity index (χ4v) is 4.04. The second kappa shape index (κ2) is 7.31. The first-order chi connectivity index (χ1) is 13.1. The van der Waals surface area contributed by atoms with Gasteiger partial charge in [0, 0.05) is 43.3 Å². The molecule has 10 heteroatoms. The number of amides is 1. The molecular formula is C17H18N6O3S. The molecule has 3 aromatic rings. The first-order valence-electron chi connectivity index (χ1n) is 8.65. The fraction of sp³-hybridized carbons (Fsp3) is 0.353. The lowest BCUT2D eigenvalue weighted by atomic mass is 9.96. The summed E-state index contributed by atoms with van der Waals surface area (Å²) in [4.78, 5) is 34.5. The van der Waals surface area contributed by atoms with Crippen LogP contribution >= 0.6 is 11.3 Å². The maximum absolute atomic E-state index is 12.4. The standard InChI is InChI=1S/C17H18N6O3S/c24-15(19-11-12-2-1-5-18-10-12)13-3-6-21(7-4-13)14-16(23(25)26)22-8-9-27-17(22)20-14/h1-2,5,8-10,13H,3-4,6-7,11H2,(H,19,24). The van der Waals surface area contributed by atoms with E-state index in [1.54, 1.807) is 24.0 Å². The summed E-state index contributed by atoms with van der Waals surface area (Å²) in [5.74, 6) is 0.298. The maximum Gasteiger partial charge on any atom is 0.373 e. The molecule has 0 aliphatic carbocycles. The normalized spacial score (nSPS) is 15.2. The van der Waals surface area contributed by atoms with Gasteiger partial charge in [0.15, 0.2) is 0 Å². The topological polar surface area (TPSA) is 106 Å². The Bertz CT molecular complexity index is 962. The second-order valence-electron chi connectivity index (χ2n) is 6.41. The summed E-state index contributed by atoms with van der Waals surface area (Å²) in [6.07, 6.45) is 6.36. The van der Waals surface area contributed by atoms with Crippen LogP contribution in [0.3, 0.4) is 0 Å². The predicted molar refractivity (Wildman–Crippen MR) is 101 cm³/mol. The van der Waals surface area contributed by atoms with Crippen LogP contribution in [-0.2, 0) is 11.3 Å². The van der Waals surface area contributed by atoms with E-state index >= 15 is 0 Å². The number of carbonyl (C=O) groups excluding carboxylic acids is 1. The lowest BCUT2D eigenvalue weighted by Gasteiger charge is -2.31. The number of nitrogens with zero attached hydrogens (tertiary/aromatic N) is 5. The van der Waals surface area contributed by atoms with Crippen LogP contribution in [0.25, 0.3) is 4.96 Å². The first-order valence-corrected chi connectivity index (χ1v) is 9.53. The third-order valence-corrected chi connectivity index (χ3v) is 5.50. The highest BCUT2D eigenvalue weighted by Gasteiger charge is 2.32. The minimum absolute atomic E-state index is 0.00858. The molecule has 140 valence electrons. The van der Waals surface area contributed by atoms with Crippen molar-refractivity contribution in [2.45, 2.75) is 19.4 Å². The zero-order chi connectivity index (χ0) is 18.8. The summed E-state index contributed by atoms with van der Waals surface area (Å²) in [5, 5.41) is 16.2. The molecule has 1 fully saturated rings. The molecule has 0 saturated carbocycles. The van der Waals surface area contributed by atoms with Gasteiger partial charge in [0.2, 0.25) is 11.7 Å². The highest BCUT2D eigenvalue weighted by molar-refractivity contribution is 7.15. The number of pyridine rings is 1. The Kier molecular flexibility index (Phi) is 4.71. The van der Waals surface area contributed by atoms with Crippen molar-refractivity contribution in [2.75, 3.05) is 18.0 Å². The summed E-state index contributed by atoms with van der Waals surface area (Å²) in [5.41, 5.74) is 0.956. The zero-order valence-electron chi connectivity index (χ0n) is 14.4. The number of nitro groups is 1. The zero-order valence-corrected chi connectivity index (χ0v) is 15.3. The van der Waals surface area contributed by atoms with Crippen LogP contribution in [0.5, 0.6) is 0 Å². The third kappa shape index (κ3) is 3.47. The Morgan fingerprint density at radius 1 is 1.41 bits per heavy atom. The van der Waals surface area contributed by atoms with E-state index in [1.807, 2.05) is 17.0 Å². The van der Waals surface area contributed by atoms with Gasteiger partial charge in [-0.25, -0.2) is 0 Å². The molecule has 9 nitrogen and oxygen atoms in total. The number of carbonyl (C=O) groups is 1. The molecule has 0 spiro atoms. The van der Waals surface area contributed by atoms with Crippen molar-refractivity contribution in [3.8, 4) is 0 Å². The van der Waals surface area contributed by atoms with Gasteiger partial charge in [-0.2, -0.15) is 9.38 Å². The van der Waals surface area contributed by atoms with E-state index in [9.17, 15) is 14.9 Å². The van der Waals surface area contributed by atoms with Gasteiger partial charge < -0.3 is 20.3 Å². The SMILES string of the molecule is O=C(NCc1cccnc1)C1CCN(c2nc3sccn3c2[N+](=O)[O-])CC1. The Labute approximate surface area is 158 Å². The number of anilines is 1. The summed E-state index contributed by atoms with van der Waals surface area (Å²) in [6.45, 7) is 1.59. The van der Waals surface area contributed by atoms with Crippen molar-refractivity contribution in [3.05, 3.63) is 51.8 Å². The maximum atomic E-state index is 12.4. The Morgan fingerprint density at radius 2 is 2.22 bits per heavy atom. The molecule has 0 radical (unpaired) electrons. The monoisotopic (exact) mass is 386 g/mol. The summed E-state index contributed by atoms with van der Waals surface area (Å²) >= 11 is 1.37. The van der Waals surface area contributed by atoms with Crippen molar-refractivity contribution < 1.29 is 9.72 Å². The van der Waals surface area contributed by atoms with E-state index in [-0.39, 0.29) is 17.6 Å². The average molecular weight is 386 g/mol. The van der Waals surface area contributed by atoms with Crippen molar-refractivity contribution in [2.24, 2.45) is 5.92 Å². The number of rotatable bonds is 5. The van der Waals surface area contributed by atoms with Crippen LogP contribution in [0, 0.1) is 16.0 Å². The van der Waals surface area contributed by atoms with Crippen LogP contribution in [0.1, 0.15) is 18.4 Å². The Hall–Kier alpha value is -3.01. The van der Waals surface area contributed by atoms with Gasteiger partial charge in [0.25, 0.3) is 4.96 Å². The molecular weight excluding hydrogens is 368 g/mol. The molecule has 27 heavy (non-hydrogen) atoms. The molecule has 1 saturated heterocycles. The van der Waals surface area contributed by atoms with Crippen molar-refractivity contribution in [1.29, 1.82) is 0 Å². The number of piperidine rings is 1. The van der Waals surface area contributed by atoms with Crippen LogP contribution in [-0.4, -0.2) is 38.3 Å². The largest absolute Gasteiger partial charge is 0.373 e.